The molecule has 1 saturated heterocycles. The van der Waals surface area contributed by atoms with E-state index in [4.69, 9.17) is 0 Å². The molecule has 2 aliphatic rings. The van der Waals surface area contributed by atoms with Crippen molar-refractivity contribution in [1.29, 1.82) is 0 Å². The van der Waals surface area contributed by atoms with Gasteiger partial charge in [-0.05, 0) is 19.3 Å². The van der Waals surface area contributed by atoms with Crippen LogP contribution in [0, 0.1) is 0 Å². The van der Waals surface area contributed by atoms with Gasteiger partial charge in [0.15, 0.2) is 0 Å². The Hall–Kier alpha value is -0.130. The van der Waals surface area contributed by atoms with E-state index >= 15 is 0 Å². The zero-order valence-electron chi connectivity index (χ0n) is 9.98. The Bertz CT molecular complexity index is 323. The second kappa shape index (κ2) is 5.02. The Morgan fingerprint density at radius 1 is 1.19 bits per heavy atom. The Balaban J connectivity index is 1.95. The Morgan fingerprint density at radius 3 is 2.50 bits per heavy atom. The lowest BCUT2D eigenvalue weighted by molar-refractivity contribution is 0.140. The molecular weight excluding hydrogens is 224 g/mol. The van der Waals surface area contributed by atoms with Gasteiger partial charge in [0.05, 0.1) is 5.25 Å². The summed E-state index contributed by atoms with van der Waals surface area (Å²) in [5, 5.41) is 3.24. The Labute approximate surface area is 98.3 Å². The van der Waals surface area contributed by atoms with Crippen LogP contribution in [-0.4, -0.2) is 57.0 Å². The van der Waals surface area contributed by atoms with Gasteiger partial charge in [-0.3, -0.25) is 4.90 Å². The highest BCUT2D eigenvalue weighted by molar-refractivity contribution is 7.91. The van der Waals surface area contributed by atoms with Gasteiger partial charge in [-0.15, -0.1) is 0 Å². The van der Waals surface area contributed by atoms with E-state index < -0.39 is 9.84 Å². The molecule has 0 bridgehead atoms. The van der Waals surface area contributed by atoms with Crippen molar-refractivity contribution in [2.24, 2.45) is 0 Å². The van der Waals surface area contributed by atoms with E-state index in [0.717, 1.165) is 45.4 Å². The van der Waals surface area contributed by atoms with Gasteiger partial charge in [-0.1, -0.05) is 6.42 Å². The fourth-order valence-electron chi connectivity index (χ4n) is 2.89. The van der Waals surface area contributed by atoms with E-state index in [0.29, 0.717) is 6.04 Å². The van der Waals surface area contributed by atoms with Crippen molar-refractivity contribution >= 4 is 9.84 Å². The molecule has 4 nitrogen and oxygen atoms in total. The van der Waals surface area contributed by atoms with Crippen LogP contribution in [0.3, 0.4) is 0 Å². The van der Waals surface area contributed by atoms with Crippen LogP contribution in [-0.2, 0) is 9.84 Å². The first-order valence-corrected chi connectivity index (χ1v) is 8.16. The molecule has 0 amide bonds. The summed E-state index contributed by atoms with van der Waals surface area (Å²) < 4.78 is 23.2. The van der Waals surface area contributed by atoms with Crippen molar-refractivity contribution in [2.75, 3.05) is 32.4 Å². The van der Waals surface area contributed by atoms with Crippen molar-refractivity contribution in [3.63, 3.8) is 0 Å². The van der Waals surface area contributed by atoms with Crippen LogP contribution in [0.15, 0.2) is 0 Å². The number of sulfone groups is 1. The molecule has 2 atom stereocenters. The summed E-state index contributed by atoms with van der Waals surface area (Å²) in [4.78, 5) is 2.47. The fourth-order valence-corrected chi connectivity index (χ4v) is 4.05. The molecule has 2 rings (SSSR count). The molecule has 5 heteroatoms. The predicted octanol–water partition coefficient (Wildman–Crippen LogP) is 0.247. The third-order valence-corrected chi connectivity index (χ3v) is 5.51. The SMILES string of the molecule is CS(=O)(=O)[C@H]1CCC[C@@H](N2CCNCC2)C1. The quantitative estimate of drug-likeness (QED) is 0.759. The molecular formula is C11H22N2O2S. The zero-order chi connectivity index (χ0) is 11.6. The first kappa shape index (κ1) is 12.3. The second-order valence-corrected chi connectivity index (χ2v) is 7.38. The van der Waals surface area contributed by atoms with Gasteiger partial charge in [-0.2, -0.15) is 0 Å². The molecule has 1 saturated carbocycles. The molecule has 1 aliphatic carbocycles. The van der Waals surface area contributed by atoms with Crippen LogP contribution >= 0.6 is 0 Å². The summed E-state index contributed by atoms with van der Waals surface area (Å²) in [7, 11) is -2.84. The number of piperazine rings is 1. The zero-order valence-corrected chi connectivity index (χ0v) is 10.8. The van der Waals surface area contributed by atoms with Gasteiger partial charge in [-0.25, -0.2) is 8.42 Å². The maximum Gasteiger partial charge on any atom is 0.150 e. The van der Waals surface area contributed by atoms with Gasteiger partial charge in [0, 0.05) is 38.5 Å². The normalized spacial score (nSPS) is 33.8. The highest BCUT2D eigenvalue weighted by Crippen LogP contribution is 2.27. The molecule has 0 spiro atoms. The molecule has 0 radical (unpaired) electrons. The molecule has 16 heavy (non-hydrogen) atoms. The third-order valence-electron chi connectivity index (χ3n) is 3.87. The number of nitrogens with zero attached hydrogens (tertiary/aromatic N) is 1. The Morgan fingerprint density at radius 2 is 1.88 bits per heavy atom. The average Bonchev–Trinajstić information content (AvgIpc) is 2.29. The molecule has 0 aromatic rings. The average molecular weight is 246 g/mol. The molecule has 2 fully saturated rings. The molecule has 1 N–H and O–H groups in total. The van der Waals surface area contributed by atoms with Crippen molar-refractivity contribution in [3.05, 3.63) is 0 Å². The van der Waals surface area contributed by atoms with Gasteiger partial charge in [0.2, 0.25) is 0 Å². The molecule has 0 aromatic carbocycles. The number of hydrogen-bond acceptors (Lipinski definition) is 4. The topological polar surface area (TPSA) is 49.4 Å². The summed E-state index contributed by atoms with van der Waals surface area (Å²) >= 11 is 0. The first-order valence-electron chi connectivity index (χ1n) is 6.21. The molecule has 0 aromatic heterocycles. The van der Waals surface area contributed by atoms with E-state index in [9.17, 15) is 8.42 Å². The molecule has 1 aliphatic heterocycles. The minimum absolute atomic E-state index is 0.0962. The monoisotopic (exact) mass is 246 g/mol. The smallest absolute Gasteiger partial charge is 0.150 e. The summed E-state index contributed by atoms with van der Waals surface area (Å²) in [5.74, 6) is 0. The van der Waals surface area contributed by atoms with E-state index in [-0.39, 0.29) is 5.25 Å². The molecule has 94 valence electrons. The van der Waals surface area contributed by atoms with Crippen molar-refractivity contribution in [3.8, 4) is 0 Å². The van der Waals surface area contributed by atoms with Crippen LogP contribution < -0.4 is 5.32 Å². The van der Waals surface area contributed by atoms with Gasteiger partial charge < -0.3 is 5.32 Å². The minimum Gasteiger partial charge on any atom is -0.314 e. The van der Waals surface area contributed by atoms with Gasteiger partial charge in [0.25, 0.3) is 0 Å². The minimum atomic E-state index is -2.84. The van der Waals surface area contributed by atoms with E-state index in [1.807, 2.05) is 0 Å². The summed E-state index contributed by atoms with van der Waals surface area (Å²) in [6.07, 6.45) is 5.33. The largest absolute Gasteiger partial charge is 0.314 e. The standard InChI is InChI=1S/C11H22N2O2S/c1-16(14,15)11-4-2-3-10(9-11)13-7-5-12-6-8-13/h10-12H,2-9H2,1H3/t10-,11+/m1/s1. The summed E-state index contributed by atoms with van der Waals surface area (Å²) in [6, 6.07) is 0.496. The van der Waals surface area contributed by atoms with Crippen molar-refractivity contribution in [2.45, 2.75) is 37.0 Å². The summed E-state index contributed by atoms with van der Waals surface area (Å²) in [5.41, 5.74) is 0. The van der Waals surface area contributed by atoms with Gasteiger partial charge >= 0.3 is 0 Å². The van der Waals surface area contributed by atoms with Crippen LogP contribution in [0.5, 0.6) is 0 Å². The van der Waals surface area contributed by atoms with Crippen LogP contribution in [0.4, 0.5) is 0 Å². The maximum absolute atomic E-state index is 11.6. The molecule has 0 unspecified atom stereocenters. The van der Waals surface area contributed by atoms with Crippen LogP contribution in [0.2, 0.25) is 0 Å². The van der Waals surface area contributed by atoms with Crippen molar-refractivity contribution in [1.82, 2.24) is 10.2 Å². The fraction of sp³-hybridized carbons (Fsp3) is 1.00. The lowest BCUT2D eigenvalue weighted by atomic mass is 9.93. The van der Waals surface area contributed by atoms with Crippen LogP contribution in [0.25, 0.3) is 0 Å². The summed E-state index contributed by atoms with van der Waals surface area (Å²) in [6.45, 7) is 4.22. The highest BCUT2D eigenvalue weighted by Gasteiger charge is 2.32. The number of hydrogen-bond donors (Lipinski definition) is 1. The third kappa shape index (κ3) is 2.96. The lowest BCUT2D eigenvalue weighted by Gasteiger charge is -2.39. The Kier molecular flexibility index (Phi) is 3.87. The van der Waals surface area contributed by atoms with E-state index in [2.05, 4.69) is 10.2 Å². The van der Waals surface area contributed by atoms with Crippen molar-refractivity contribution < 1.29 is 8.42 Å². The highest BCUT2D eigenvalue weighted by atomic mass is 32.2. The lowest BCUT2D eigenvalue weighted by Crippen LogP contribution is -2.50. The predicted molar refractivity (Wildman–Crippen MR) is 65.3 cm³/mol. The number of rotatable bonds is 2. The van der Waals surface area contributed by atoms with Gasteiger partial charge in [0.1, 0.15) is 9.84 Å². The molecule has 1 heterocycles. The maximum atomic E-state index is 11.6. The van der Waals surface area contributed by atoms with E-state index in [1.54, 1.807) is 0 Å². The number of nitrogens with one attached hydrogen (secondary N) is 1. The second-order valence-electron chi connectivity index (χ2n) is 5.06. The first-order chi connectivity index (χ1) is 7.57. The van der Waals surface area contributed by atoms with Crippen LogP contribution in [0.1, 0.15) is 25.7 Å². The van der Waals surface area contributed by atoms with E-state index in [1.165, 1.54) is 12.7 Å².